The Kier molecular flexibility index (Phi) is 9.13. The summed E-state index contributed by atoms with van der Waals surface area (Å²) in [6.07, 6.45) is 0. The number of nitrogens with one attached hydrogen (secondary N) is 2. The van der Waals surface area contributed by atoms with Crippen LogP contribution in [-0.2, 0) is 24.8 Å². The maximum Gasteiger partial charge on any atom is 0.264 e. The minimum Gasteiger partial charge on any atom is -0.497 e. The summed E-state index contributed by atoms with van der Waals surface area (Å²) in [7, 11) is -6.57. The average molecular weight is 635 g/mol. The highest BCUT2D eigenvalue weighted by Gasteiger charge is 2.28. The van der Waals surface area contributed by atoms with Gasteiger partial charge in [-0.25, -0.2) is 16.8 Å². The van der Waals surface area contributed by atoms with Gasteiger partial charge in [0.15, 0.2) is 0 Å². The molecule has 4 aromatic carbocycles. The number of ether oxygens (including phenoxy) is 1. The number of carbonyl (C=O) groups excluding carboxylic acids is 1. The maximum absolute atomic E-state index is 13.6. The van der Waals surface area contributed by atoms with Crippen molar-refractivity contribution in [2.24, 2.45) is 0 Å². The zero-order valence-electron chi connectivity index (χ0n) is 21.8. The lowest BCUT2D eigenvalue weighted by molar-refractivity contribution is -0.114. The summed E-state index contributed by atoms with van der Waals surface area (Å²) in [5, 5.41) is 2.95. The van der Waals surface area contributed by atoms with E-state index in [4.69, 9.17) is 27.9 Å². The van der Waals surface area contributed by atoms with E-state index in [0.29, 0.717) is 11.4 Å². The second-order valence-corrected chi connectivity index (χ2v) is 13.2. The zero-order valence-corrected chi connectivity index (χ0v) is 25.0. The minimum atomic E-state index is -4.17. The number of hydrogen-bond acceptors (Lipinski definition) is 6. The van der Waals surface area contributed by atoms with Gasteiger partial charge in [0.05, 0.1) is 32.6 Å². The highest BCUT2D eigenvalue weighted by molar-refractivity contribution is 7.93. The highest BCUT2D eigenvalue weighted by atomic mass is 35.5. The second-order valence-electron chi connectivity index (χ2n) is 8.83. The van der Waals surface area contributed by atoms with Crippen molar-refractivity contribution in [3.8, 4) is 5.75 Å². The molecule has 0 saturated heterocycles. The first-order valence-corrected chi connectivity index (χ1v) is 15.7. The van der Waals surface area contributed by atoms with E-state index in [2.05, 4.69) is 10.0 Å². The molecule has 0 saturated carbocycles. The molecule has 2 N–H and O–H groups in total. The number of hydrogen-bond donors (Lipinski definition) is 2. The van der Waals surface area contributed by atoms with E-state index in [9.17, 15) is 21.6 Å². The molecule has 4 rings (SSSR count). The summed E-state index contributed by atoms with van der Waals surface area (Å²) in [4.78, 5) is 13.0. The maximum atomic E-state index is 13.6. The van der Waals surface area contributed by atoms with E-state index in [0.717, 1.165) is 9.87 Å². The molecule has 4 aromatic rings. The number of amides is 1. The third kappa shape index (κ3) is 7.31. The molecule has 0 heterocycles. The van der Waals surface area contributed by atoms with Crippen molar-refractivity contribution < 1.29 is 26.4 Å². The first kappa shape index (κ1) is 30.2. The van der Waals surface area contributed by atoms with Gasteiger partial charge in [0.2, 0.25) is 5.91 Å². The van der Waals surface area contributed by atoms with Gasteiger partial charge in [-0.15, -0.1) is 0 Å². The smallest absolute Gasteiger partial charge is 0.264 e. The summed E-state index contributed by atoms with van der Waals surface area (Å²) in [6.45, 7) is 1.24. The van der Waals surface area contributed by atoms with E-state index >= 15 is 0 Å². The van der Waals surface area contributed by atoms with Crippen LogP contribution in [-0.4, -0.2) is 36.4 Å². The fourth-order valence-corrected chi connectivity index (χ4v) is 6.48. The van der Waals surface area contributed by atoms with Gasteiger partial charge in [0.25, 0.3) is 20.0 Å². The van der Waals surface area contributed by atoms with Crippen molar-refractivity contribution in [1.82, 2.24) is 0 Å². The van der Waals surface area contributed by atoms with Gasteiger partial charge >= 0.3 is 0 Å². The number of halogens is 2. The first-order chi connectivity index (χ1) is 19.4. The van der Waals surface area contributed by atoms with Crippen LogP contribution in [0.2, 0.25) is 10.0 Å². The summed E-state index contributed by atoms with van der Waals surface area (Å²) in [5.41, 5.74) is 1.62. The van der Waals surface area contributed by atoms with Crippen molar-refractivity contribution in [3.63, 3.8) is 0 Å². The van der Waals surface area contributed by atoms with Crippen LogP contribution in [0.5, 0.6) is 5.75 Å². The van der Waals surface area contributed by atoms with Gasteiger partial charge in [-0.1, -0.05) is 40.9 Å². The Labute approximate surface area is 248 Å². The lowest BCUT2D eigenvalue weighted by Gasteiger charge is -2.24. The molecule has 0 bridgehead atoms. The molecule has 0 aliphatic heterocycles. The summed E-state index contributed by atoms with van der Waals surface area (Å²) >= 11 is 12.2. The Balaban J connectivity index is 1.53. The van der Waals surface area contributed by atoms with E-state index < -0.39 is 32.5 Å². The Hall–Kier alpha value is -3.77. The molecule has 0 atom stereocenters. The molecule has 0 aliphatic carbocycles. The number of methoxy groups -OCH3 is 1. The number of carbonyl (C=O) groups is 1. The molecule has 1 amide bonds. The number of rotatable bonds is 10. The Morgan fingerprint density at radius 1 is 0.780 bits per heavy atom. The molecule has 0 spiro atoms. The molecule has 41 heavy (non-hydrogen) atoms. The molecule has 9 nitrogen and oxygen atoms in total. The van der Waals surface area contributed by atoms with Crippen LogP contribution in [0, 0.1) is 6.92 Å². The molecule has 214 valence electrons. The second kappa shape index (κ2) is 12.4. The summed E-state index contributed by atoms with van der Waals surface area (Å²) in [5.74, 6) is -0.0869. The molecule has 0 aromatic heterocycles. The molecule has 0 aliphatic rings. The van der Waals surface area contributed by atoms with Crippen LogP contribution < -0.4 is 19.1 Å². The van der Waals surface area contributed by atoms with E-state index in [1.807, 2.05) is 6.92 Å². The topological polar surface area (TPSA) is 122 Å². The predicted molar refractivity (Wildman–Crippen MR) is 161 cm³/mol. The third-order valence-electron chi connectivity index (χ3n) is 5.88. The zero-order chi connectivity index (χ0) is 29.8. The van der Waals surface area contributed by atoms with Crippen molar-refractivity contribution in [2.45, 2.75) is 16.7 Å². The summed E-state index contributed by atoms with van der Waals surface area (Å²) in [6, 6.07) is 22.3. The van der Waals surface area contributed by atoms with Gasteiger partial charge in [-0.3, -0.25) is 13.8 Å². The van der Waals surface area contributed by atoms with Crippen molar-refractivity contribution >= 4 is 66.2 Å². The minimum absolute atomic E-state index is 0.0131. The number of aryl methyl sites for hydroxylation is 1. The van der Waals surface area contributed by atoms with E-state index in [1.165, 1.54) is 61.7 Å². The van der Waals surface area contributed by atoms with Crippen LogP contribution in [0.4, 0.5) is 17.1 Å². The Morgan fingerprint density at radius 3 is 1.95 bits per heavy atom. The Morgan fingerprint density at radius 2 is 1.37 bits per heavy atom. The van der Waals surface area contributed by atoms with Crippen LogP contribution in [0.1, 0.15) is 5.56 Å². The molecule has 0 fully saturated rings. The fourth-order valence-electron chi connectivity index (χ4n) is 3.71. The van der Waals surface area contributed by atoms with E-state index in [1.54, 1.807) is 36.4 Å². The predicted octanol–water partition coefficient (Wildman–Crippen LogP) is 5.95. The quantitative estimate of drug-likeness (QED) is 0.223. The normalized spacial score (nSPS) is 11.5. The standard InChI is InChI=1S/C28H25Cl2N3O6S2/c1-19-3-12-25(13-4-19)41(37,38)33(22-9-16-26(29)27(30)17-22)18-28(34)31-20-7-14-24(15-8-20)40(35,36)32-21-5-10-23(39-2)11-6-21/h3-17,32H,18H2,1-2H3,(H,31,34). The number of benzene rings is 4. The largest absolute Gasteiger partial charge is 0.497 e. The molecule has 0 radical (unpaired) electrons. The number of anilines is 3. The summed E-state index contributed by atoms with van der Waals surface area (Å²) < 4.78 is 61.2. The highest BCUT2D eigenvalue weighted by Crippen LogP contribution is 2.31. The molecule has 13 heteroatoms. The number of nitrogens with zero attached hydrogens (tertiary/aromatic N) is 1. The molecule has 0 unspecified atom stereocenters. The van der Waals surface area contributed by atoms with Crippen LogP contribution in [0.15, 0.2) is 101 Å². The Bertz CT molecular complexity index is 1760. The van der Waals surface area contributed by atoms with Crippen molar-refractivity contribution in [2.75, 3.05) is 28.0 Å². The lowest BCUT2D eigenvalue weighted by Crippen LogP contribution is -2.38. The van der Waals surface area contributed by atoms with Gasteiger partial charge in [-0.05, 0) is 85.8 Å². The van der Waals surface area contributed by atoms with Crippen molar-refractivity contribution in [1.29, 1.82) is 0 Å². The monoisotopic (exact) mass is 633 g/mol. The van der Waals surface area contributed by atoms with Gasteiger partial charge in [0, 0.05) is 11.4 Å². The average Bonchev–Trinajstić information content (AvgIpc) is 2.94. The lowest BCUT2D eigenvalue weighted by atomic mass is 10.2. The van der Waals surface area contributed by atoms with E-state index in [-0.39, 0.29) is 31.2 Å². The SMILES string of the molecule is COc1ccc(NS(=O)(=O)c2ccc(NC(=O)CN(c3ccc(Cl)c(Cl)c3)S(=O)(=O)c3ccc(C)cc3)cc2)cc1. The third-order valence-corrected chi connectivity index (χ3v) is 9.80. The number of sulfonamides is 2. The van der Waals surface area contributed by atoms with Crippen LogP contribution >= 0.6 is 23.2 Å². The van der Waals surface area contributed by atoms with Crippen LogP contribution in [0.3, 0.4) is 0 Å². The van der Waals surface area contributed by atoms with Gasteiger partial charge < -0.3 is 10.1 Å². The van der Waals surface area contributed by atoms with Crippen LogP contribution in [0.25, 0.3) is 0 Å². The van der Waals surface area contributed by atoms with Crippen molar-refractivity contribution in [3.05, 3.63) is 107 Å². The first-order valence-electron chi connectivity index (χ1n) is 12.0. The van der Waals surface area contributed by atoms with Gasteiger partial charge in [0.1, 0.15) is 12.3 Å². The fraction of sp³-hybridized carbons (Fsp3) is 0.107. The van der Waals surface area contributed by atoms with Gasteiger partial charge in [-0.2, -0.15) is 0 Å². The molecular formula is C28H25Cl2N3O6S2. The molecular weight excluding hydrogens is 609 g/mol.